The first-order chi connectivity index (χ1) is 10.4. The van der Waals surface area contributed by atoms with Crippen molar-refractivity contribution >= 4 is 11.9 Å². The second kappa shape index (κ2) is 4.03. The minimum Gasteiger partial charge on any atom is -0.469 e. The summed E-state index contributed by atoms with van der Waals surface area (Å²) in [7, 11) is 2.93. The summed E-state index contributed by atoms with van der Waals surface area (Å²) in [6.07, 6.45) is 8.59. The zero-order chi connectivity index (χ0) is 15.9. The number of rotatable bonds is 2. The van der Waals surface area contributed by atoms with Gasteiger partial charge in [-0.3, -0.25) is 9.59 Å². The maximum atomic E-state index is 12.5. The highest BCUT2D eigenvalue weighted by molar-refractivity contribution is 5.82. The van der Waals surface area contributed by atoms with E-state index in [0.717, 1.165) is 0 Å². The molecule has 2 fully saturated rings. The zero-order valence-electron chi connectivity index (χ0n) is 13.4. The quantitative estimate of drug-likeness (QED) is 0.580. The van der Waals surface area contributed by atoms with E-state index in [4.69, 9.17) is 9.47 Å². The third-order valence-corrected chi connectivity index (χ3v) is 7.17. The molecule has 0 aliphatic heterocycles. The standard InChI is InChI=1S/C18H22O4/c1-17(15(19)21-3)9-5-7-11-13(9)14-10(17)6-8-12(14)18(11,2)16(20)22-4/h5-14H,1-4H3/t9-,10-,11-,12-,13?,14?,17?,18?/m1/s1. The number of methoxy groups -OCH3 is 2. The maximum Gasteiger partial charge on any atom is 0.312 e. The van der Waals surface area contributed by atoms with Gasteiger partial charge in [0.1, 0.15) is 0 Å². The Labute approximate surface area is 130 Å². The second-order valence-electron chi connectivity index (χ2n) is 7.58. The monoisotopic (exact) mass is 302 g/mol. The fraction of sp³-hybridized carbons (Fsp3) is 0.667. The molecule has 0 saturated heterocycles. The average Bonchev–Trinajstić information content (AvgIpc) is 3.22. The van der Waals surface area contributed by atoms with Gasteiger partial charge in [-0.05, 0) is 49.4 Å². The van der Waals surface area contributed by atoms with E-state index in [-0.39, 0.29) is 35.6 Å². The highest BCUT2D eigenvalue weighted by Gasteiger charge is 2.75. The molecule has 0 amide bonds. The molecule has 22 heavy (non-hydrogen) atoms. The lowest BCUT2D eigenvalue weighted by Crippen LogP contribution is -2.42. The van der Waals surface area contributed by atoms with E-state index in [1.54, 1.807) is 0 Å². The molecule has 4 rings (SSSR count). The van der Waals surface area contributed by atoms with Gasteiger partial charge in [-0.25, -0.2) is 0 Å². The first-order valence-electron chi connectivity index (χ1n) is 7.95. The Morgan fingerprint density at radius 1 is 0.727 bits per heavy atom. The number of carbonyl (C=O) groups is 2. The molecule has 4 aliphatic rings. The molecule has 4 heteroatoms. The van der Waals surface area contributed by atoms with Gasteiger partial charge in [0.2, 0.25) is 0 Å². The summed E-state index contributed by atoms with van der Waals surface area (Å²) < 4.78 is 10.3. The fourth-order valence-electron chi connectivity index (χ4n) is 6.22. The van der Waals surface area contributed by atoms with Crippen LogP contribution in [0.4, 0.5) is 0 Å². The third-order valence-electron chi connectivity index (χ3n) is 7.17. The van der Waals surface area contributed by atoms with Crippen LogP contribution >= 0.6 is 0 Å². The summed E-state index contributed by atoms with van der Waals surface area (Å²) in [6, 6.07) is 0. The molecule has 0 unspecified atom stereocenters. The van der Waals surface area contributed by atoms with Crippen LogP contribution in [-0.4, -0.2) is 26.2 Å². The molecule has 4 aliphatic carbocycles. The van der Waals surface area contributed by atoms with E-state index in [1.165, 1.54) is 14.2 Å². The number of hydrogen-bond donors (Lipinski definition) is 0. The molecule has 0 heterocycles. The van der Waals surface area contributed by atoms with E-state index in [0.29, 0.717) is 11.8 Å². The van der Waals surface area contributed by atoms with Crippen LogP contribution in [0, 0.1) is 46.3 Å². The van der Waals surface area contributed by atoms with E-state index >= 15 is 0 Å². The van der Waals surface area contributed by atoms with Crippen LogP contribution in [0.2, 0.25) is 0 Å². The highest BCUT2D eigenvalue weighted by atomic mass is 16.5. The van der Waals surface area contributed by atoms with Crippen molar-refractivity contribution in [3.8, 4) is 0 Å². The SMILES string of the molecule is COC(=O)C1(C)[C@@H]2C=C[C@@H]3C2C2[C@H]1C=C[C@H]2C3(C)C(=O)OC. The summed E-state index contributed by atoms with van der Waals surface area (Å²) >= 11 is 0. The van der Waals surface area contributed by atoms with Crippen molar-refractivity contribution in [1.29, 1.82) is 0 Å². The van der Waals surface area contributed by atoms with Crippen LogP contribution in [-0.2, 0) is 19.1 Å². The topological polar surface area (TPSA) is 52.6 Å². The van der Waals surface area contributed by atoms with E-state index in [1.807, 2.05) is 13.8 Å². The molecule has 0 radical (unpaired) electrons. The zero-order valence-corrected chi connectivity index (χ0v) is 13.4. The number of hydrogen-bond acceptors (Lipinski definition) is 4. The third kappa shape index (κ3) is 1.19. The summed E-state index contributed by atoms with van der Waals surface area (Å²) in [5, 5.41) is 0. The first-order valence-corrected chi connectivity index (χ1v) is 7.95. The van der Waals surface area contributed by atoms with E-state index < -0.39 is 10.8 Å². The summed E-state index contributed by atoms with van der Waals surface area (Å²) in [4.78, 5) is 25.0. The molecule has 0 aromatic heterocycles. The molecule has 4 atom stereocenters. The van der Waals surface area contributed by atoms with Gasteiger partial charge in [0.05, 0.1) is 25.0 Å². The highest BCUT2D eigenvalue weighted by Crippen LogP contribution is 2.74. The molecule has 0 bridgehead atoms. The van der Waals surface area contributed by atoms with Crippen molar-refractivity contribution in [3.63, 3.8) is 0 Å². The van der Waals surface area contributed by atoms with Crippen LogP contribution in [0.15, 0.2) is 24.3 Å². The molecule has 2 saturated carbocycles. The Kier molecular flexibility index (Phi) is 2.57. The number of esters is 2. The van der Waals surface area contributed by atoms with Crippen molar-refractivity contribution in [2.24, 2.45) is 46.3 Å². The minimum atomic E-state index is -0.516. The van der Waals surface area contributed by atoms with Crippen molar-refractivity contribution in [1.82, 2.24) is 0 Å². The smallest absolute Gasteiger partial charge is 0.312 e. The largest absolute Gasteiger partial charge is 0.469 e. The average molecular weight is 302 g/mol. The molecular formula is C18H22O4. The number of ether oxygens (including phenoxy) is 2. The minimum absolute atomic E-state index is 0.132. The second-order valence-corrected chi connectivity index (χ2v) is 7.58. The summed E-state index contributed by atoms with van der Waals surface area (Å²) in [5.41, 5.74) is -1.03. The normalized spacial score (nSPS) is 52.9. The van der Waals surface area contributed by atoms with Crippen molar-refractivity contribution in [3.05, 3.63) is 24.3 Å². The predicted molar refractivity (Wildman–Crippen MR) is 79.5 cm³/mol. The van der Waals surface area contributed by atoms with E-state index in [9.17, 15) is 9.59 Å². The summed E-state index contributed by atoms with van der Waals surface area (Å²) in [6.45, 7) is 4.06. The molecule has 0 N–H and O–H groups in total. The van der Waals surface area contributed by atoms with Gasteiger partial charge in [0, 0.05) is 0 Å². The molecular weight excluding hydrogens is 280 g/mol. The van der Waals surface area contributed by atoms with Gasteiger partial charge < -0.3 is 9.47 Å². The van der Waals surface area contributed by atoms with E-state index in [2.05, 4.69) is 24.3 Å². The Bertz CT molecular complexity index is 535. The lowest BCUT2D eigenvalue weighted by atomic mass is 9.68. The van der Waals surface area contributed by atoms with Gasteiger partial charge in [0.15, 0.2) is 0 Å². The van der Waals surface area contributed by atoms with Crippen molar-refractivity contribution in [2.75, 3.05) is 14.2 Å². The van der Waals surface area contributed by atoms with Gasteiger partial charge >= 0.3 is 11.9 Å². The van der Waals surface area contributed by atoms with Crippen LogP contribution in [0.3, 0.4) is 0 Å². The molecule has 0 aromatic carbocycles. The maximum absolute atomic E-state index is 12.5. The Hall–Kier alpha value is -1.58. The molecule has 0 spiro atoms. The Morgan fingerprint density at radius 2 is 1.00 bits per heavy atom. The molecule has 0 aromatic rings. The fourth-order valence-corrected chi connectivity index (χ4v) is 6.22. The number of allylic oxidation sites excluding steroid dienone is 4. The van der Waals surface area contributed by atoms with Crippen LogP contribution in [0.5, 0.6) is 0 Å². The Balaban J connectivity index is 1.84. The van der Waals surface area contributed by atoms with Crippen LogP contribution < -0.4 is 0 Å². The lowest BCUT2D eigenvalue weighted by molar-refractivity contribution is -0.157. The Morgan fingerprint density at radius 3 is 1.23 bits per heavy atom. The molecule has 4 nitrogen and oxygen atoms in total. The summed E-state index contributed by atoms with van der Waals surface area (Å²) in [5.74, 6) is 1.01. The van der Waals surface area contributed by atoms with Gasteiger partial charge in [-0.15, -0.1) is 0 Å². The molecule has 118 valence electrons. The van der Waals surface area contributed by atoms with Crippen molar-refractivity contribution < 1.29 is 19.1 Å². The van der Waals surface area contributed by atoms with Gasteiger partial charge in [-0.2, -0.15) is 0 Å². The van der Waals surface area contributed by atoms with Gasteiger partial charge in [0.25, 0.3) is 0 Å². The first kappa shape index (κ1) is 14.0. The van der Waals surface area contributed by atoms with Crippen LogP contribution in [0.25, 0.3) is 0 Å². The van der Waals surface area contributed by atoms with Gasteiger partial charge in [-0.1, -0.05) is 24.3 Å². The van der Waals surface area contributed by atoms with Crippen LogP contribution in [0.1, 0.15) is 13.8 Å². The lowest BCUT2D eigenvalue weighted by Gasteiger charge is -2.35. The van der Waals surface area contributed by atoms with Crippen molar-refractivity contribution in [2.45, 2.75) is 13.8 Å². The predicted octanol–water partition coefficient (Wildman–Crippen LogP) is 2.21. The number of carbonyl (C=O) groups excluding carboxylic acids is 2.